The fraction of sp³-hybridized carbons (Fsp3) is 0.625. The Labute approximate surface area is 121 Å². The first-order valence-electron chi connectivity index (χ1n) is 7.57. The van der Waals surface area contributed by atoms with Gasteiger partial charge in [0.05, 0.1) is 0 Å². The zero-order chi connectivity index (χ0) is 14.7. The molecule has 0 atom stereocenters. The van der Waals surface area contributed by atoms with E-state index in [1.165, 1.54) is 32.1 Å². The molecule has 0 unspecified atom stereocenters. The number of hydrogen-bond donors (Lipinski definition) is 2. The minimum atomic E-state index is 0.111. The molecule has 2 rings (SSSR count). The first-order valence-corrected chi connectivity index (χ1v) is 7.57. The number of aromatic nitrogens is 1. The molecule has 1 aromatic rings. The Morgan fingerprint density at radius 3 is 2.55 bits per heavy atom. The van der Waals surface area contributed by atoms with E-state index in [9.17, 15) is 0 Å². The Bertz CT molecular complexity index is 475. The summed E-state index contributed by atoms with van der Waals surface area (Å²) in [5.41, 5.74) is 7.29. The summed E-state index contributed by atoms with van der Waals surface area (Å²) in [6, 6.07) is 4.36. The van der Waals surface area contributed by atoms with Crippen molar-refractivity contribution in [1.29, 1.82) is 5.41 Å². The monoisotopic (exact) mass is 274 g/mol. The zero-order valence-electron chi connectivity index (χ0n) is 12.8. The van der Waals surface area contributed by atoms with Crippen LogP contribution in [-0.2, 0) is 0 Å². The van der Waals surface area contributed by atoms with Gasteiger partial charge in [0.1, 0.15) is 11.7 Å². The van der Waals surface area contributed by atoms with E-state index in [4.69, 9.17) is 11.1 Å². The third kappa shape index (κ3) is 3.30. The van der Waals surface area contributed by atoms with Gasteiger partial charge in [-0.25, -0.2) is 4.98 Å². The fourth-order valence-electron chi connectivity index (χ4n) is 3.11. The molecule has 0 saturated heterocycles. The van der Waals surface area contributed by atoms with Crippen LogP contribution >= 0.6 is 0 Å². The number of anilines is 1. The van der Waals surface area contributed by atoms with E-state index in [2.05, 4.69) is 23.9 Å². The summed E-state index contributed by atoms with van der Waals surface area (Å²) in [4.78, 5) is 6.87. The average Bonchev–Trinajstić information content (AvgIpc) is 2.46. The van der Waals surface area contributed by atoms with Gasteiger partial charge in [0.25, 0.3) is 0 Å². The van der Waals surface area contributed by atoms with Crippen LogP contribution in [0.3, 0.4) is 0 Å². The lowest BCUT2D eigenvalue weighted by molar-refractivity contribution is 0.313. The molecule has 0 spiro atoms. The van der Waals surface area contributed by atoms with Crippen LogP contribution in [0.2, 0.25) is 0 Å². The first-order chi connectivity index (χ1) is 9.51. The molecule has 4 heteroatoms. The van der Waals surface area contributed by atoms with Crippen LogP contribution in [0.1, 0.15) is 50.3 Å². The highest BCUT2D eigenvalue weighted by Gasteiger charge is 2.24. The van der Waals surface area contributed by atoms with Crippen molar-refractivity contribution in [3.8, 4) is 0 Å². The van der Waals surface area contributed by atoms with Gasteiger partial charge in [-0.2, -0.15) is 0 Å². The van der Waals surface area contributed by atoms with Gasteiger partial charge >= 0.3 is 0 Å². The van der Waals surface area contributed by atoms with Crippen LogP contribution in [0.15, 0.2) is 12.1 Å². The summed E-state index contributed by atoms with van der Waals surface area (Å²) in [5, 5.41) is 7.60. The predicted octanol–water partition coefficient (Wildman–Crippen LogP) is 3.08. The van der Waals surface area contributed by atoms with Gasteiger partial charge in [-0.1, -0.05) is 13.3 Å². The molecule has 0 aliphatic heterocycles. The molecule has 0 radical (unpaired) electrons. The molecule has 0 aromatic carbocycles. The topological polar surface area (TPSA) is 66.0 Å². The second kappa shape index (κ2) is 6.25. The van der Waals surface area contributed by atoms with Crippen molar-refractivity contribution in [3.05, 3.63) is 23.4 Å². The molecule has 0 bridgehead atoms. The number of aryl methyl sites for hydroxylation is 1. The lowest BCUT2D eigenvalue weighted by Gasteiger charge is -2.35. The third-order valence-corrected chi connectivity index (χ3v) is 4.55. The lowest BCUT2D eigenvalue weighted by Crippen LogP contribution is -2.36. The van der Waals surface area contributed by atoms with Gasteiger partial charge in [0, 0.05) is 24.3 Å². The Kier molecular flexibility index (Phi) is 4.63. The summed E-state index contributed by atoms with van der Waals surface area (Å²) >= 11 is 0. The number of nitrogens with two attached hydrogens (primary N) is 1. The maximum Gasteiger partial charge on any atom is 0.129 e. The number of nitrogens with zero attached hydrogens (tertiary/aromatic N) is 2. The second-order valence-corrected chi connectivity index (χ2v) is 5.96. The van der Waals surface area contributed by atoms with Crippen LogP contribution in [0.4, 0.5) is 5.82 Å². The van der Waals surface area contributed by atoms with Crippen LogP contribution in [0, 0.1) is 18.3 Å². The molecule has 1 heterocycles. The second-order valence-electron chi connectivity index (χ2n) is 5.96. The van der Waals surface area contributed by atoms with Gasteiger partial charge in [-0.05, 0) is 50.7 Å². The number of nitrogen functional groups attached to an aromatic ring is 1. The number of hydrogen-bond acceptors (Lipinski definition) is 3. The summed E-state index contributed by atoms with van der Waals surface area (Å²) in [6.07, 6.45) is 6.40. The van der Waals surface area contributed by atoms with Crippen molar-refractivity contribution < 1.29 is 0 Å². The van der Waals surface area contributed by atoms with E-state index >= 15 is 0 Å². The first kappa shape index (κ1) is 14.8. The van der Waals surface area contributed by atoms with Crippen LogP contribution in [0.5, 0.6) is 0 Å². The van der Waals surface area contributed by atoms with Gasteiger partial charge in [-0.3, -0.25) is 5.41 Å². The van der Waals surface area contributed by atoms with Gasteiger partial charge in [0.15, 0.2) is 0 Å². The van der Waals surface area contributed by atoms with Gasteiger partial charge in [0.2, 0.25) is 0 Å². The number of pyridine rings is 1. The molecular formula is C16H26N4. The molecule has 4 nitrogen and oxygen atoms in total. The maximum atomic E-state index is 7.60. The average molecular weight is 274 g/mol. The third-order valence-electron chi connectivity index (χ3n) is 4.55. The fourth-order valence-corrected chi connectivity index (χ4v) is 3.11. The minimum Gasteiger partial charge on any atom is -0.384 e. The summed E-state index contributed by atoms with van der Waals surface area (Å²) in [7, 11) is 2.11. The number of rotatable bonds is 4. The predicted molar refractivity (Wildman–Crippen MR) is 84.4 cm³/mol. The standard InChI is InChI=1S/C16H26N4/c1-4-12-5-7-14(8-6-12)20(3)15-10-13(16(17)18)9-11(2)19-15/h9-10,12,14H,4-8H2,1-3H3,(H3,17,18). The molecule has 20 heavy (non-hydrogen) atoms. The normalized spacial score (nSPS) is 22.6. The Morgan fingerprint density at radius 1 is 1.35 bits per heavy atom. The van der Waals surface area contributed by atoms with E-state index in [0.29, 0.717) is 6.04 Å². The summed E-state index contributed by atoms with van der Waals surface area (Å²) < 4.78 is 0. The highest BCUT2D eigenvalue weighted by Crippen LogP contribution is 2.30. The smallest absolute Gasteiger partial charge is 0.129 e. The summed E-state index contributed by atoms with van der Waals surface area (Å²) in [6.45, 7) is 4.24. The molecule has 0 amide bonds. The number of amidine groups is 1. The van der Waals surface area contributed by atoms with E-state index < -0.39 is 0 Å². The van der Waals surface area contributed by atoms with E-state index in [1.54, 1.807) is 0 Å². The zero-order valence-corrected chi connectivity index (χ0v) is 12.8. The minimum absolute atomic E-state index is 0.111. The van der Waals surface area contributed by atoms with Gasteiger partial charge < -0.3 is 10.6 Å². The largest absolute Gasteiger partial charge is 0.384 e. The van der Waals surface area contributed by atoms with Crippen molar-refractivity contribution in [3.63, 3.8) is 0 Å². The SMILES string of the molecule is CCC1CCC(N(C)c2cc(C(=N)N)cc(C)n2)CC1. The highest BCUT2D eigenvalue weighted by molar-refractivity contribution is 5.95. The lowest BCUT2D eigenvalue weighted by atomic mass is 9.84. The molecule has 1 aliphatic carbocycles. The highest BCUT2D eigenvalue weighted by atomic mass is 15.2. The molecule has 3 N–H and O–H groups in total. The van der Waals surface area contributed by atoms with E-state index in [1.807, 2.05) is 19.1 Å². The Morgan fingerprint density at radius 2 is 2.00 bits per heavy atom. The van der Waals surface area contributed by atoms with Crippen LogP contribution in [-0.4, -0.2) is 23.9 Å². The molecule has 1 saturated carbocycles. The Hall–Kier alpha value is -1.58. The van der Waals surface area contributed by atoms with Crippen LogP contribution in [0.25, 0.3) is 0 Å². The maximum absolute atomic E-state index is 7.60. The molecule has 1 aromatic heterocycles. The Balaban J connectivity index is 2.13. The summed E-state index contributed by atoms with van der Waals surface area (Å²) in [5.74, 6) is 1.95. The molecule has 1 aliphatic rings. The van der Waals surface area contributed by atoms with Crippen LogP contribution < -0.4 is 10.6 Å². The quantitative estimate of drug-likeness (QED) is 0.655. The molecule has 1 fully saturated rings. The van der Waals surface area contributed by atoms with E-state index in [-0.39, 0.29) is 5.84 Å². The van der Waals surface area contributed by atoms with Crippen molar-refractivity contribution in [2.24, 2.45) is 11.7 Å². The van der Waals surface area contributed by atoms with Gasteiger partial charge in [-0.15, -0.1) is 0 Å². The van der Waals surface area contributed by atoms with Crippen molar-refractivity contribution in [2.45, 2.75) is 52.0 Å². The van der Waals surface area contributed by atoms with Crippen molar-refractivity contribution >= 4 is 11.7 Å². The van der Waals surface area contributed by atoms with E-state index in [0.717, 1.165) is 23.0 Å². The molecule has 110 valence electrons. The van der Waals surface area contributed by atoms with Crippen molar-refractivity contribution in [1.82, 2.24) is 4.98 Å². The molecular weight excluding hydrogens is 248 g/mol. The number of nitrogens with one attached hydrogen (secondary N) is 1. The van der Waals surface area contributed by atoms with Crippen molar-refractivity contribution in [2.75, 3.05) is 11.9 Å².